The van der Waals surface area contributed by atoms with E-state index in [9.17, 15) is 9.59 Å². The first-order chi connectivity index (χ1) is 12.4. The van der Waals surface area contributed by atoms with Crippen LogP contribution in [0.4, 0.5) is 0 Å². The van der Waals surface area contributed by atoms with E-state index in [0.717, 1.165) is 0 Å². The summed E-state index contributed by atoms with van der Waals surface area (Å²) in [5.74, 6) is -0.442. The van der Waals surface area contributed by atoms with Crippen LogP contribution < -0.4 is 4.74 Å². The Bertz CT molecular complexity index is 815. The number of nitrogens with zero attached hydrogens (tertiary/aromatic N) is 1. The number of likely N-dealkylation sites (tertiary alicyclic amines) is 1. The van der Waals surface area contributed by atoms with Crippen LogP contribution in [0.1, 0.15) is 23.2 Å². The maximum atomic E-state index is 12.5. The SMILES string of the molecule is O=C(Oc1cc(Cl)ccc1Cl)C1CCN(C(=O)c2ccc(Cl)cc2)CC1. The largest absolute Gasteiger partial charge is 0.425 e. The van der Waals surface area contributed by atoms with Crippen molar-refractivity contribution in [2.75, 3.05) is 13.1 Å². The maximum Gasteiger partial charge on any atom is 0.314 e. The number of hydrogen-bond acceptors (Lipinski definition) is 3. The molecule has 1 aliphatic heterocycles. The van der Waals surface area contributed by atoms with Gasteiger partial charge in [0, 0.05) is 34.8 Å². The molecule has 0 atom stereocenters. The number of carbonyl (C=O) groups excluding carboxylic acids is 2. The highest BCUT2D eigenvalue weighted by molar-refractivity contribution is 6.34. The Morgan fingerprint density at radius 2 is 1.54 bits per heavy atom. The summed E-state index contributed by atoms with van der Waals surface area (Å²) < 4.78 is 5.39. The summed E-state index contributed by atoms with van der Waals surface area (Å²) in [5.41, 5.74) is 0.584. The smallest absolute Gasteiger partial charge is 0.314 e. The average molecular weight is 413 g/mol. The van der Waals surface area contributed by atoms with Gasteiger partial charge in [-0.3, -0.25) is 9.59 Å². The zero-order chi connectivity index (χ0) is 18.7. The number of benzene rings is 2. The van der Waals surface area contributed by atoms with Gasteiger partial charge in [0.15, 0.2) is 5.75 Å². The number of rotatable bonds is 3. The summed E-state index contributed by atoms with van der Waals surface area (Å²) in [6.07, 6.45) is 1.08. The molecule has 0 N–H and O–H groups in total. The van der Waals surface area contributed by atoms with Crippen molar-refractivity contribution < 1.29 is 14.3 Å². The van der Waals surface area contributed by atoms with Crippen LogP contribution in [0.5, 0.6) is 5.75 Å². The summed E-state index contributed by atoms with van der Waals surface area (Å²) in [6.45, 7) is 0.981. The lowest BCUT2D eigenvalue weighted by atomic mass is 9.96. The zero-order valence-electron chi connectivity index (χ0n) is 13.8. The van der Waals surface area contributed by atoms with Crippen molar-refractivity contribution in [2.24, 2.45) is 5.92 Å². The van der Waals surface area contributed by atoms with E-state index in [1.165, 1.54) is 6.07 Å². The molecule has 0 radical (unpaired) electrons. The van der Waals surface area contributed by atoms with E-state index in [4.69, 9.17) is 39.5 Å². The minimum absolute atomic E-state index is 0.0635. The Morgan fingerprint density at radius 1 is 0.923 bits per heavy atom. The van der Waals surface area contributed by atoms with Crippen LogP contribution in [-0.2, 0) is 4.79 Å². The summed E-state index contributed by atoms with van der Waals surface area (Å²) >= 11 is 17.8. The number of piperidine rings is 1. The van der Waals surface area contributed by atoms with Crippen LogP contribution in [0.15, 0.2) is 42.5 Å². The molecule has 4 nitrogen and oxygen atoms in total. The van der Waals surface area contributed by atoms with E-state index in [1.807, 2.05) is 0 Å². The molecule has 2 aromatic rings. The molecule has 0 unspecified atom stereocenters. The molecule has 7 heteroatoms. The molecule has 0 bridgehead atoms. The van der Waals surface area contributed by atoms with Crippen LogP contribution in [0.2, 0.25) is 15.1 Å². The predicted octanol–water partition coefficient (Wildman–Crippen LogP) is 5.10. The topological polar surface area (TPSA) is 46.6 Å². The number of halogens is 3. The fraction of sp³-hybridized carbons (Fsp3) is 0.263. The fourth-order valence-electron chi connectivity index (χ4n) is 2.84. The van der Waals surface area contributed by atoms with E-state index in [0.29, 0.717) is 46.6 Å². The second-order valence-electron chi connectivity index (χ2n) is 6.07. The van der Waals surface area contributed by atoms with Crippen molar-refractivity contribution in [1.29, 1.82) is 0 Å². The number of ether oxygens (including phenoxy) is 1. The Hall–Kier alpha value is -1.75. The van der Waals surface area contributed by atoms with E-state index in [-0.39, 0.29) is 23.5 Å². The third-order valence-corrected chi connectivity index (χ3v) is 5.11. The molecule has 1 saturated heterocycles. The van der Waals surface area contributed by atoms with Crippen LogP contribution in [-0.4, -0.2) is 29.9 Å². The van der Waals surface area contributed by atoms with Gasteiger partial charge in [-0.05, 0) is 49.2 Å². The van der Waals surface area contributed by atoms with E-state index < -0.39 is 0 Å². The minimum atomic E-state index is -0.354. The summed E-state index contributed by atoms with van der Waals surface area (Å²) in [5, 5.41) is 1.36. The average Bonchev–Trinajstić information content (AvgIpc) is 2.65. The van der Waals surface area contributed by atoms with E-state index >= 15 is 0 Å². The van der Waals surface area contributed by atoms with Gasteiger partial charge in [-0.15, -0.1) is 0 Å². The number of amides is 1. The van der Waals surface area contributed by atoms with Gasteiger partial charge < -0.3 is 9.64 Å². The molecular weight excluding hydrogens is 397 g/mol. The highest BCUT2D eigenvalue weighted by Crippen LogP contribution is 2.29. The highest BCUT2D eigenvalue weighted by atomic mass is 35.5. The Morgan fingerprint density at radius 3 is 2.19 bits per heavy atom. The van der Waals surface area contributed by atoms with Gasteiger partial charge in [-0.1, -0.05) is 34.8 Å². The van der Waals surface area contributed by atoms with Crippen LogP contribution >= 0.6 is 34.8 Å². The lowest BCUT2D eigenvalue weighted by Gasteiger charge is -2.31. The van der Waals surface area contributed by atoms with Crippen molar-refractivity contribution in [2.45, 2.75) is 12.8 Å². The van der Waals surface area contributed by atoms with Gasteiger partial charge in [-0.25, -0.2) is 0 Å². The third kappa shape index (κ3) is 4.50. The van der Waals surface area contributed by atoms with Crippen molar-refractivity contribution >= 4 is 46.7 Å². The summed E-state index contributed by atoms with van der Waals surface area (Å²) in [4.78, 5) is 26.6. The first kappa shape index (κ1) is 19.0. The molecular formula is C19H16Cl3NO3. The van der Waals surface area contributed by atoms with Gasteiger partial charge in [0.2, 0.25) is 0 Å². The lowest BCUT2D eigenvalue weighted by molar-refractivity contribution is -0.140. The summed E-state index contributed by atoms with van der Waals surface area (Å²) in [6, 6.07) is 11.5. The van der Waals surface area contributed by atoms with Gasteiger partial charge >= 0.3 is 5.97 Å². The van der Waals surface area contributed by atoms with Crippen molar-refractivity contribution in [3.63, 3.8) is 0 Å². The zero-order valence-corrected chi connectivity index (χ0v) is 16.0. The summed E-state index contributed by atoms with van der Waals surface area (Å²) in [7, 11) is 0. The van der Waals surface area contributed by atoms with Gasteiger partial charge in [0.05, 0.1) is 10.9 Å². The Labute approximate surface area is 166 Å². The van der Waals surface area contributed by atoms with E-state index in [1.54, 1.807) is 41.3 Å². The molecule has 136 valence electrons. The van der Waals surface area contributed by atoms with Crippen LogP contribution in [0.25, 0.3) is 0 Å². The van der Waals surface area contributed by atoms with Crippen LogP contribution in [0.3, 0.4) is 0 Å². The highest BCUT2D eigenvalue weighted by Gasteiger charge is 2.29. The van der Waals surface area contributed by atoms with Crippen molar-refractivity contribution in [1.82, 2.24) is 4.90 Å². The van der Waals surface area contributed by atoms with Crippen molar-refractivity contribution in [3.05, 3.63) is 63.1 Å². The molecule has 0 aromatic heterocycles. The molecule has 0 saturated carbocycles. The first-order valence-corrected chi connectivity index (χ1v) is 9.29. The molecule has 3 rings (SSSR count). The Kier molecular flexibility index (Phi) is 6.07. The standard InChI is InChI=1S/C19H16Cl3NO3/c20-14-3-1-12(2-4-14)18(24)23-9-7-13(8-10-23)19(25)26-17-11-15(21)5-6-16(17)22/h1-6,11,13H,7-10H2. The maximum absolute atomic E-state index is 12.5. The molecule has 26 heavy (non-hydrogen) atoms. The molecule has 1 amide bonds. The molecule has 0 aliphatic carbocycles. The van der Waals surface area contributed by atoms with Gasteiger partial charge in [-0.2, -0.15) is 0 Å². The number of hydrogen-bond donors (Lipinski definition) is 0. The normalized spacial score (nSPS) is 15.0. The number of esters is 1. The van der Waals surface area contributed by atoms with Crippen molar-refractivity contribution in [3.8, 4) is 5.75 Å². The molecule has 1 heterocycles. The third-order valence-electron chi connectivity index (χ3n) is 4.31. The second kappa shape index (κ2) is 8.30. The minimum Gasteiger partial charge on any atom is -0.425 e. The predicted molar refractivity (Wildman–Crippen MR) is 102 cm³/mol. The molecule has 1 fully saturated rings. The van der Waals surface area contributed by atoms with Crippen LogP contribution in [0, 0.1) is 5.92 Å². The lowest BCUT2D eigenvalue weighted by Crippen LogP contribution is -2.41. The van der Waals surface area contributed by atoms with Gasteiger partial charge in [0.1, 0.15) is 0 Å². The molecule has 1 aliphatic rings. The quantitative estimate of drug-likeness (QED) is 0.520. The number of carbonyl (C=O) groups is 2. The van der Waals surface area contributed by atoms with Gasteiger partial charge in [0.25, 0.3) is 5.91 Å². The fourth-order valence-corrected chi connectivity index (χ4v) is 3.28. The van der Waals surface area contributed by atoms with E-state index in [2.05, 4.69) is 0 Å². The Balaban J connectivity index is 1.57. The second-order valence-corrected chi connectivity index (χ2v) is 7.35. The molecule has 0 spiro atoms. The monoisotopic (exact) mass is 411 g/mol. The first-order valence-electron chi connectivity index (χ1n) is 8.15. The molecule has 2 aromatic carbocycles.